The van der Waals surface area contributed by atoms with Crippen molar-refractivity contribution in [1.82, 2.24) is 0 Å². The Morgan fingerprint density at radius 1 is 1.31 bits per heavy atom. The zero-order valence-corrected chi connectivity index (χ0v) is 16.1. The normalized spacial score (nSPS) is 10.6. The quantitative estimate of drug-likeness (QED) is 0.560. The number of thiophene rings is 1. The molecule has 0 atom stereocenters. The van der Waals surface area contributed by atoms with Crippen LogP contribution in [0.25, 0.3) is 6.08 Å². The van der Waals surface area contributed by atoms with Gasteiger partial charge in [0.1, 0.15) is 4.88 Å². The minimum Gasteiger partial charge on any atom is -0.491 e. The number of esters is 1. The molecule has 1 N–H and O–H groups in total. The summed E-state index contributed by atoms with van der Waals surface area (Å²) >= 11 is 7.37. The lowest BCUT2D eigenvalue weighted by molar-refractivity contribution is -0.111. The van der Waals surface area contributed by atoms with Crippen LogP contribution in [-0.2, 0) is 9.53 Å². The van der Waals surface area contributed by atoms with Gasteiger partial charge in [-0.3, -0.25) is 4.79 Å². The molecule has 0 aliphatic rings. The minimum atomic E-state index is -0.498. The van der Waals surface area contributed by atoms with E-state index in [-0.39, 0.29) is 0 Å². The Bertz CT molecular complexity index is 831. The van der Waals surface area contributed by atoms with Crippen LogP contribution in [0.15, 0.2) is 29.7 Å². The molecule has 8 heteroatoms. The first-order valence-electron chi connectivity index (χ1n) is 7.65. The summed E-state index contributed by atoms with van der Waals surface area (Å²) in [7, 11) is 2.80. The molecule has 138 valence electrons. The van der Waals surface area contributed by atoms with Gasteiger partial charge in [-0.05, 0) is 42.1 Å². The number of carbonyl (C=O) groups is 2. The van der Waals surface area contributed by atoms with Crippen LogP contribution in [0.4, 0.5) is 5.69 Å². The van der Waals surface area contributed by atoms with Gasteiger partial charge < -0.3 is 19.5 Å². The molecule has 0 aliphatic carbocycles. The summed E-state index contributed by atoms with van der Waals surface area (Å²) in [6.07, 6.45) is 2.93. The van der Waals surface area contributed by atoms with E-state index in [1.165, 1.54) is 31.6 Å². The first-order chi connectivity index (χ1) is 12.5. The Hall–Kier alpha value is -2.51. The van der Waals surface area contributed by atoms with Gasteiger partial charge in [-0.1, -0.05) is 11.6 Å². The number of carbonyl (C=O) groups excluding carboxylic acids is 2. The molecule has 2 rings (SSSR count). The van der Waals surface area contributed by atoms with E-state index >= 15 is 0 Å². The van der Waals surface area contributed by atoms with Gasteiger partial charge in [0.05, 0.1) is 31.5 Å². The van der Waals surface area contributed by atoms with Gasteiger partial charge >= 0.3 is 5.97 Å². The van der Waals surface area contributed by atoms with Gasteiger partial charge in [0.25, 0.3) is 0 Å². The van der Waals surface area contributed by atoms with Crippen molar-refractivity contribution in [2.45, 2.75) is 6.92 Å². The molecule has 0 unspecified atom stereocenters. The van der Waals surface area contributed by atoms with Crippen LogP contribution < -0.4 is 14.8 Å². The molecule has 0 spiro atoms. The van der Waals surface area contributed by atoms with E-state index in [0.717, 1.165) is 0 Å². The summed E-state index contributed by atoms with van der Waals surface area (Å²) in [6.45, 7) is 2.30. The number of benzene rings is 1. The molecule has 26 heavy (non-hydrogen) atoms. The van der Waals surface area contributed by atoms with Gasteiger partial charge in [0.2, 0.25) is 5.91 Å². The third kappa shape index (κ3) is 4.77. The zero-order chi connectivity index (χ0) is 19.1. The third-order valence-corrected chi connectivity index (χ3v) is 4.43. The first kappa shape index (κ1) is 19.8. The van der Waals surface area contributed by atoms with E-state index in [1.807, 2.05) is 6.92 Å². The summed E-state index contributed by atoms with van der Waals surface area (Å²) < 4.78 is 15.4. The number of ether oxygens (including phenoxy) is 3. The van der Waals surface area contributed by atoms with Gasteiger partial charge in [0, 0.05) is 6.08 Å². The molecule has 0 bridgehead atoms. The molecular weight excluding hydrogens is 378 g/mol. The Balaban J connectivity index is 2.16. The zero-order valence-electron chi connectivity index (χ0n) is 14.5. The fourth-order valence-electron chi connectivity index (χ4n) is 2.15. The summed E-state index contributed by atoms with van der Waals surface area (Å²) in [5.74, 6) is 0.0468. The predicted molar refractivity (Wildman–Crippen MR) is 102 cm³/mol. The van der Waals surface area contributed by atoms with Crippen molar-refractivity contribution < 1.29 is 23.8 Å². The van der Waals surface area contributed by atoms with Crippen molar-refractivity contribution >= 4 is 46.6 Å². The van der Waals surface area contributed by atoms with Crippen LogP contribution in [0, 0.1) is 0 Å². The number of rotatable bonds is 7. The van der Waals surface area contributed by atoms with Gasteiger partial charge in [0.15, 0.2) is 11.5 Å². The molecule has 0 fully saturated rings. The van der Waals surface area contributed by atoms with E-state index in [9.17, 15) is 9.59 Å². The van der Waals surface area contributed by atoms with Crippen LogP contribution in [0.2, 0.25) is 5.02 Å². The Labute approximate surface area is 160 Å². The second kappa shape index (κ2) is 9.26. The number of halogens is 1. The number of nitrogens with one attached hydrogen (secondary N) is 1. The maximum atomic E-state index is 12.1. The van der Waals surface area contributed by atoms with Gasteiger partial charge in [-0.25, -0.2) is 4.79 Å². The molecular formula is C18H18ClNO5S. The number of amides is 1. The SMILES string of the molecule is CCOc1cc(C=CC(=O)Nc2ccsc2C(=O)OC)cc(Cl)c1OC. The highest BCUT2D eigenvalue weighted by molar-refractivity contribution is 7.12. The molecule has 0 saturated carbocycles. The number of anilines is 1. The average Bonchev–Trinajstić information content (AvgIpc) is 3.07. The Morgan fingerprint density at radius 3 is 2.73 bits per heavy atom. The lowest BCUT2D eigenvalue weighted by atomic mass is 10.2. The second-order valence-corrected chi connectivity index (χ2v) is 6.27. The molecule has 1 aromatic heterocycles. The molecule has 0 aliphatic heterocycles. The summed E-state index contributed by atoms with van der Waals surface area (Å²) in [4.78, 5) is 24.1. The summed E-state index contributed by atoms with van der Waals surface area (Å²) in [6, 6.07) is 5.03. The fraction of sp³-hybridized carbons (Fsp3) is 0.222. The molecule has 1 aromatic carbocycles. The monoisotopic (exact) mass is 395 g/mol. The standard InChI is InChI=1S/C18H18ClNO5S/c1-4-25-14-10-11(9-12(19)16(14)23-2)5-6-15(21)20-13-7-8-26-17(13)18(22)24-3/h5-10H,4H2,1-3H3,(H,20,21). The molecule has 6 nitrogen and oxygen atoms in total. The van der Waals surface area contributed by atoms with E-state index < -0.39 is 11.9 Å². The maximum Gasteiger partial charge on any atom is 0.350 e. The van der Waals surface area contributed by atoms with Crippen molar-refractivity contribution in [2.24, 2.45) is 0 Å². The summed E-state index contributed by atoms with van der Waals surface area (Å²) in [5.41, 5.74) is 1.08. The van der Waals surface area contributed by atoms with Gasteiger partial charge in [-0.15, -0.1) is 11.3 Å². The van der Waals surface area contributed by atoms with Crippen LogP contribution >= 0.6 is 22.9 Å². The van der Waals surface area contributed by atoms with Crippen molar-refractivity contribution in [3.8, 4) is 11.5 Å². The average molecular weight is 396 g/mol. The predicted octanol–water partition coefficient (Wildman–Crippen LogP) is 4.25. The topological polar surface area (TPSA) is 73.9 Å². The fourth-order valence-corrected chi connectivity index (χ4v) is 3.21. The Morgan fingerprint density at radius 2 is 2.08 bits per heavy atom. The largest absolute Gasteiger partial charge is 0.491 e. The highest BCUT2D eigenvalue weighted by Crippen LogP contribution is 2.36. The molecule has 0 radical (unpaired) electrons. The number of hydrogen-bond donors (Lipinski definition) is 1. The third-order valence-electron chi connectivity index (χ3n) is 3.26. The van der Waals surface area contributed by atoms with Crippen LogP contribution in [0.1, 0.15) is 22.2 Å². The maximum absolute atomic E-state index is 12.1. The summed E-state index contributed by atoms with van der Waals surface area (Å²) in [5, 5.41) is 4.72. The highest BCUT2D eigenvalue weighted by Gasteiger charge is 2.15. The van der Waals surface area contributed by atoms with Crippen molar-refractivity contribution in [1.29, 1.82) is 0 Å². The van der Waals surface area contributed by atoms with Crippen LogP contribution in [-0.4, -0.2) is 32.7 Å². The van der Waals surface area contributed by atoms with Crippen molar-refractivity contribution in [3.63, 3.8) is 0 Å². The lowest BCUT2D eigenvalue weighted by Gasteiger charge is -2.11. The molecule has 1 heterocycles. The van der Waals surface area contributed by atoms with Crippen molar-refractivity contribution in [2.75, 3.05) is 26.1 Å². The number of methoxy groups -OCH3 is 2. The van der Waals surface area contributed by atoms with E-state index in [1.54, 1.807) is 29.7 Å². The van der Waals surface area contributed by atoms with Gasteiger partial charge in [-0.2, -0.15) is 0 Å². The Kier molecular flexibility index (Phi) is 7.06. The second-order valence-electron chi connectivity index (χ2n) is 4.94. The van der Waals surface area contributed by atoms with E-state index in [2.05, 4.69) is 10.1 Å². The molecule has 1 amide bonds. The smallest absolute Gasteiger partial charge is 0.350 e. The van der Waals surface area contributed by atoms with E-state index in [4.69, 9.17) is 21.1 Å². The number of hydrogen-bond acceptors (Lipinski definition) is 6. The van der Waals surface area contributed by atoms with Crippen LogP contribution in [0.5, 0.6) is 11.5 Å². The van der Waals surface area contributed by atoms with E-state index in [0.29, 0.717) is 39.3 Å². The minimum absolute atomic E-state index is 0.334. The van der Waals surface area contributed by atoms with Crippen LogP contribution in [0.3, 0.4) is 0 Å². The molecule has 0 saturated heterocycles. The van der Waals surface area contributed by atoms with Crippen molar-refractivity contribution in [3.05, 3.63) is 45.1 Å². The lowest BCUT2D eigenvalue weighted by Crippen LogP contribution is -2.10. The highest BCUT2D eigenvalue weighted by atomic mass is 35.5. The molecule has 2 aromatic rings. The first-order valence-corrected chi connectivity index (χ1v) is 8.91.